The molecule has 0 saturated heterocycles. The van der Waals surface area contributed by atoms with E-state index in [1.165, 1.54) is 67.8 Å². The highest BCUT2D eigenvalue weighted by atomic mass is 19.1. The molecule has 0 unspecified atom stereocenters. The summed E-state index contributed by atoms with van der Waals surface area (Å²) >= 11 is 0. The van der Waals surface area contributed by atoms with E-state index in [0.717, 1.165) is 45.3 Å². The predicted molar refractivity (Wildman–Crippen MR) is 230 cm³/mol. The minimum Gasteiger partial charge on any atom is -0.310 e. The van der Waals surface area contributed by atoms with Gasteiger partial charge in [-0.05, 0) is 192 Å². The summed E-state index contributed by atoms with van der Waals surface area (Å²) in [6, 6.07) is 44.6. The molecule has 0 amide bonds. The number of nitrogens with zero attached hydrogens (tertiary/aromatic N) is 2. The molecule has 4 heteroatoms. The van der Waals surface area contributed by atoms with Crippen molar-refractivity contribution in [3.8, 4) is 22.3 Å². The van der Waals surface area contributed by atoms with Crippen LogP contribution >= 0.6 is 0 Å². The Kier molecular flexibility index (Phi) is 8.14. The van der Waals surface area contributed by atoms with E-state index in [2.05, 4.69) is 150 Å². The maximum absolute atomic E-state index is 14.8. The van der Waals surface area contributed by atoms with Gasteiger partial charge in [-0.1, -0.05) is 64.1 Å². The molecule has 2 aliphatic rings. The minimum absolute atomic E-state index is 0.262. The fourth-order valence-electron chi connectivity index (χ4n) is 9.49. The average Bonchev–Trinajstić information content (AvgIpc) is 3.50. The highest BCUT2D eigenvalue weighted by Gasteiger charge is 2.43. The van der Waals surface area contributed by atoms with Crippen LogP contribution in [0.15, 0.2) is 133 Å². The maximum atomic E-state index is 14.8. The maximum Gasteiger partial charge on any atom is 0.125 e. The number of halogens is 2. The van der Waals surface area contributed by atoms with Crippen LogP contribution in [0.3, 0.4) is 0 Å². The third-order valence-electron chi connectivity index (χ3n) is 12.2. The number of benzene rings is 7. The Morgan fingerprint density at radius 2 is 0.732 bits per heavy atom. The van der Waals surface area contributed by atoms with Crippen molar-refractivity contribution < 1.29 is 8.78 Å². The lowest BCUT2D eigenvalue weighted by Gasteiger charge is -2.29. The van der Waals surface area contributed by atoms with Gasteiger partial charge in [0.15, 0.2) is 0 Å². The van der Waals surface area contributed by atoms with Crippen molar-refractivity contribution in [2.75, 3.05) is 9.80 Å². The van der Waals surface area contributed by atoms with Gasteiger partial charge < -0.3 is 9.80 Å². The van der Waals surface area contributed by atoms with E-state index in [1.54, 1.807) is 24.3 Å². The number of hydrogen-bond acceptors (Lipinski definition) is 2. The zero-order valence-electron chi connectivity index (χ0n) is 33.4. The Labute approximate surface area is 329 Å². The molecule has 56 heavy (non-hydrogen) atoms. The van der Waals surface area contributed by atoms with Crippen molar-refractivity contribution >= 4 is 34.1 Å². The first kappa shape index (κ1) is 35.7. The molecular formula is C52H46F2N2. The highest BCUT2D eigenvalue weighted by Crippen LogP contribution is 2.59. The van der Waals surface area contributed by atoms with Crippen molar-refractivity contribution in [1.82, 2.24) is 0 Å². The quantitative estimate of drug-likeness (QED) is 0.168. The Morgan fingerprint density at radius 3 is 1.09 bits per heavy atom. The molecule has 2 aliphatic carbocycles. The van der Waals surface area contributed by atoms with E-state index in [4.69, 9.17) is 0 Å². The lowest BCUT2D eigenvalue weighted by Crippen LogP contribution is -2.18. The molecule has 0 saturated carbocycles. The minimum atomic E-state index is -0.291. The molecule has 0 N–H and O–H groups in total. The van der Waals surface area contributed by atoms with E-state index < -0.39 is 0 Å². The van der Waals surface area contributed by atoms with Gasteiger partial charge in [-0.15, -0.1) is 0 Å². The largest absolute Gasteiger partial charge is 0.310 e. The molecule has 0 aromatic heterocycles. The van der Waals surface area contributed by atoms with E-state index in [9.17, 15) is 8.78 Å². The molecule has 0 atom stereocenters. The zero-order valence-corrected chi connectivity index (χ0v) is 33.4. The van der Waals surface area contributed by atoms with Crippen molar-refractivity contribution in [2.45, 2.75) is 66.2 Å². The molecule has 7 aromatic carbocycles. The smallest absolute Gasteiger partial charge is 0.125 e. The SMILES string of the molecule is Cc1cccc(N(c2cccc(F)c2)c2cc(C)c3c(c2)C(C)(C)c2cc4c(cc2-3)C(C)(C)c2cc(N(c3cccc(C)c3)c3cccc(F)c3)cc(C)c2-4)c1. The first-order valence-corrected chi connectivity index (χ1v) is 19.5. The summed E-state index contributed by atoms with van der Waals surface area (Å²) in [5, 5.41) is 0. The van der Waals surface area contributed by atoms with E-state index in [-0.39, 0.29) is 22.5 Å². The third kappa shape index (κ3) is 5.57. The Balaban J connectivity index is 1.19. The summed E-state index contributed by atoms with van der Waals surface area (Å²) in [7, 11) is 0. The van der Waals surface area contributed by atoms with Crippen molar-refractivity contribution in [2.24, 2.45) is 0 Å². The third-order valence-corrected chi connectivity index (χ3v) is 12.2. The van der Waals surface area contributed by atoms with E-state index in [1.807, 2.05) is 12.1 Å². The van der Waals surface area contributed by atoms with Crippen LogP contribution in [0.4, 0.5) is 42.9 Å². The molecule has 2 nitrogen and oxygen atoms in total. The summed E-state index contributed by atoms with van der Waals surface area (Å²) < 4.78 is 29.5. The van der Waals surface area contributed by atoms with E-state index >= 15 is 0 Å². The van der Waals surface area contributed by atoms with Gasteiger partial charge in [0.2, 0.25) is 0 Å². The lowest BCUT2D eigenvalue weighted by atomic mass is 9.79. The van der Waals surface area contributed by atoms with Gasteiger partial charge in [-0.2, -0.15) is 0 Å². The molecule has 0 bridgehead atoms. The molecule has 0 spiro atoms. The molecule has 0 heterocycles. The first-order chi connectivity index (χ1) is 26.7. The summed E-state index contributed by atoms with van der Waals surface area (Å²) in [5.74, 6) is -0.523. The second-order valence-electron chi connectivity index (χ2n) is 16.9. The predicted octanol–water partition coefficient (Wildman–Crippen LogP) is 14.8. The van der Waals surface area contributed by atoms with Gasteiger partial charge in [0, 0.05) is 45.0 Å². The van der Waals surface area contributed by atoms with Crippen LogP contribution in [0.25, 0.3) is 22.3 Å². The zero-order chi connectivity index (χ0) is 39.3. The molecule has 0 radical (unpaired) electrons. The Morgan fingerprint density at radius 1 is 0.375 bits per heavy atom. The second-order valence-corrected chi connectivity index (χ2v) is 16.9. The fourth-order valence-corrected chi connectivity index (χ4v) is 9.49. The van der Waals surface area contributed by atoms with Crippen molar-refractivity contribution in [3.05, 3.63) is 190 Å². The van der Waals surface area contributed by atoms with Crippen LogP contribution in [0.1, 0.15) is 72.2 Å². The lowest BCUT2D eigenvalue weighted by molar-refractivity contribution is 0.627. The normalized spacial score (nSPS) is 14.2. The van der Waals surface area contributed by atoms with Crippen LogP contribution < -0.4 is 9.80 Å². The van der Waals surface area contributed by atoms with E-state index in [0.29, 0.717) is 0 Å². The number of hydrogen-bond donors (Lipinski definition) is 0. The first-order valence-electron chi connectivity index (χ1n) is 19.5. The van der Waals surface area contributed by atoms with Crippen molar-refractivity contribution in [3.63, 3.8) is 0 Å². The Bertz CT molecular complexity index is 2460. The molecular weight excluding hydrogens is 691 g/mol. The number of fused-ring (bicyclic) bond motifs is 6. The van der Waals surface area contributed by atoms with Crippen LogP contribution in [0, 0.1) is 39.3 Å². The van der Waals surface area contributed by atoms with Gasteiger partial charge in [-0.25, -0.2) is 8.78 Å². The molecule has 9 rings (SSSR count). The fraction of sp³-hybridized carbons (Fsp3) is 0.192. The van der Waals surface area contributed by atoms with Gasteiger partial charge in [0.25, 0.3) is 0 Å². The number of aryl methyl sites for hydroxylation is 4. The van der Waals surface area contributed by atoms with Gasteiger partial charge in [-0.3, -0.25) is 0 Å². The summed E-state index contributed by atoms with van der Waals surface area (Å²) in [6.07, 6.45) is 0. The summed E-state index contributed by atoms with van der Waals surface area (Å²) in [5.41, 5.74) is 20.0. The molecule has 0 aliphatic heterocycles. The van der Waals surface area contributed by atoms with Crippen LogP contribution in [-0.2, 0) is 10.8 Å². The van der Waals surface area contributed by atoms with Gasteiger partial charge in [0.1, 0.15) is 11.6 Å². The standard InChI is InChI=1S/C52H46F2N2/c1-31-13-9-17-37(21-31)55(39-19-11-15-35(53)25-39)41-23-33(3)49-43-29-46-44(30-45(43)51(5,6)47(49)27-41)50-34(4)24-42(28-48(50)52(46,7)8)56(38-18-10-14-32(2)22-38)40-20-12-16-36(54)26-40/h9-30H,1-8H3. The van der Waals surface area contributed by atoms with Crippen LogP contribution in [0.5, 0.6) is 0 Å². The monoisotopic (exact) mass is 736 g/mol. The van der Waals surface area contributed by atoms with Gasteiger partial charge in [0.05, 0.1) is 0 Å². The molecule has 0 fully saturated rings. The highest BCUT2D eigenvalue weighted by molar-refractivity contribution is 5.94. The number of anilines is 6. The number of rotatable bonds is 6. The second kappa shape index (κ2) is 12.8. The van der Waals surface area contributed by atoms with Crippen LogP contribution in [-0.4, -0.2) is 0 Å². The van der Waals surface area contributed by atoms with Crippen molar-refractivity contribution in [1.29, 1.82) is 0 Å². The summed E-state index contributed by atoms with van der Waals surface area (Å²) in [6.45, 7) is 17.9. The van der Waals surface area contributed by atoms with Crippen LogP contribution in [0.2, 0.25) is 0 Å². The molecule has 7 aromatic rings. The van der Waals surface area contributed by atoms with Gasteiger partial charge >= 0.3 is 0 Å². The summed E-state index contributed by atoms with van der Waals surface area (Å²) in [4.78, 5) is 4.35. The topological polar surface area (TPSA) is 6.48 Å². The molecule has 278 valence electrons. The average molecular weight is 737 g/mol. The Hall–Kier alpha value is -6.00.